The number of fused-ring (bicyclic) bond motifs is 2. The van der Waals surface area contributed by atoms with Crippen LogP contribution in [0.5, 0.6) is 0 Å². The molecule has 1 aliphatic rings. The van der Waals surface area contributed by atoms with Crippen LogP contribution >= 0.6 is 0 Å². The van der Waals surface area contributed by atoms with Gasteiger partial charge in [0, 0.05) is 24.1 Å². The lowest BCUT2D eigenvalue weighted by atomic mass is 10.2. The van der Waals surface area contributed by atoms with Gasteiger partial charge >= 0.3 is 5.97 Å². The Hall–Kier alpha value is -3.87. The Morgan fingerprint density at radius 1 is 1.03 bits per heavy atom. The van der Waals surface area contributed by atoms with Crippen molar-refractivity contribution in [1.29, 1.82) is 0 Å². The maximum absolute atomic E-state index is 13.4. The molecule has 1 aliphatic heterocycles. The van der Waals surface area contributed by atoms with Crippen LogP contribution in [-0.4, -0.2) is 34.2 Å². The predicted octanol–water partition coefficient (Wildman–Crippen LogP) is 4.34. The number of esters is 1. The van der Waals surface area contributed by atoms with Crippen LogP contribution < -0.4 is 4.90 Å². The zero-order chi connectivity index (χ0) is 22.2. The molecule has 7 heteroatoms. The van der Waals surface area contributed by atoms with E-state index in [1.54, 1.807) is 34.6 Å². The van der Waals surface area contributed by atoms with E-state index in [1.165, 1.54) is 12.1 Å². The molecule has 162 valence electrons. The molecule has 0 aliphatic carbocycles. The highest BCUT2D eigenvalue weighted by Gasteiger charge is 2.27. The molecule has 0 unspecified atom stereocenters. The molecule has 4 aromatic rings. The largest absolute Gasteiger partial charge is 0.461 e. The first-order valence-corrected chi connectivity index (χ1v) is 10.6. The molecule has 0 saturated heterocycles. The molecule has 0 atom stereocenters. The Labute approximate surface area is 184 Å². The topological polar surface area (TPSA) is 56.5 Å². The van der Waals surface area contributed by atoms with Crippen LogP contribution in [0.1, 0.15) is 23.0 Å². The van der Waals surface area contributed by atoms with Gasteiger partial charge in [-0.1, -0.05) is 18.2 Å². The molecule has 0 N–H and O–H groups in total. The third-order valence-electron chi connectivity index (χ3n) is 5.83. The first-order chi connectivity index (χ1) is 15.6. The summed E-state index contributed by atoms with van der Waals surface area (Å²) in [6.45, 7) is 2.61. The van der Waals surface area contributed by atoms with Gasteiger partial charge in [0.1, 0.15) is 18.1 Å². The van der Waals surface area contributed by atoms with Crippen molar-refractivity contribution in [3.8, 4) is 5.69 Å². The predicted molar refractivity (Wildman–Crippen MR) is 120 cm³/mol. The SMILES string of the molecule is CCOC(=O)c1cc2c(ccn2-c2ccc(F)cc2)n1CC(=O)N1CCc2ccccc21. The number of benzene rings is 2. The number of amides is 1. The Morgan fingerprint density at radius 2 is 1.81 bits per heavy atom. The van der Waals surface area contributed by atoms with E-state index in [0.29, 0.717) is 12.2 Å². The lowest BCUT2D eigenvalue weighted by molar-refractivity contribution is -0.119. The summed E-state index contributed by atoms with van der Waals surface area (Å²) in [6, 6.07) is 17.6. The third kappa shape index (κ3) is 3.36. The van der Waals surface area contributed by atoms with E-state index in [4.69, 9.17) is 4.74 Å². The Bertz CT molecular complexity index is 1320. The van der Waals surface area contributed by atoms with Crippen molar-refractivity contribution in [2.75, 3.05) is 18.1 Å². The number of aromatic nitrogens is 2. The van der Waals surface area contributed by atoms with Crippen LogP contribution in [0.4, 0.5) is 10.1 Å². The minimum Gasteiger partial charge on any atom is -0.461 e. The molecule has 1 amide bonds. The maximum atomic E-state index is 13.4. The van der Waals surface area contributed by atoms with Gasteiger partial charge in [-0.2, -0.15) is 0 Å². The smallest absolute Gasteiger partial charge is 0.355 e. The third-order valence-corrected chi connectivity index (χ3v) is 5.83. The standard InChI is InChI=1S/C25H22FN3O3/c1-2-32-25(31)23-15-22-21(12-14-27(22)19-9-7-18(26)8-10-19)29(23)16-24(30)28-13-11-17-5-3-4-6-20(17)28/h3-10,12,14-15H,2,11,13,16H2,1H3. The van der Waals surface area contributed by atoms with Gasteiger partial charge in [-0.15, -0.1) is 0 Å². The fourth-order valence-electron chi connectivity index (χ4n) is 4.33. The van der Waals surface area contributed by atoms with Gasteiger partial charge < -0.3 is 18.8 Å². The summed E-state index contributed by atoms with van der Waals surface area (Å²) >= 11 is 0. The molecule has 6 nitrogen and oxygen atoms in total. The lowest BCUT2D eigenvalue weighted by Crippen LogP contribution is -2.33. The highest BCUT2D eigenvalue weighted by molar-refractivity contribution is 5.99. The number of carbonyl (C=O) groups is 2. The molecule has 3 heterocycles. The number of hydrogen-bond acceptors (Lipinski definition) is 3. The van der Waals surface area contributed by atoms with Gasteiger partial charge in [0.05, 0.1) is 17.6 Å². The molecule has 0 bridgehead atoms. The fraction of sp³-hybridized carbons (Fsp3) is 0.200. The second-order valence-electron chi connectivity index (χ2n) is 7.69. The summed E-state index contributed by atoms with van der Waals surface area (Å²) < 4.78 is 22.2. The summed E-state index contributed by atoms with van der Waals surface area (Å²) in [7, 11) is 0. The summed E-state index contributed by atoms with van der Waals surface area (Å²) in [5.41, 5.74) is 4.62. The Balaban J connectivity index is 1.55. The minimum atomic E-state index is -0.482. The number of halogens is 1. The van der Waals surface area contributed by atoms with Crippen molar-refractivity contribution >= 4 is 28.6 Å². The van der Waals surface area contributed by atoms with Gasteiger partial charge in [-0.25, -0.2) is 9.18 Å². The second-order valence-corrected chi connectivity index (χ2v) is 7.69. The minimum absolute atomic E-state index is 0.0133. The van der Waals surface area contributed by atoms with Gasteiger partial charge in [-0.05, 0) is 61.4 Å². The molecule has 0 spiro atoms. The van der Waals surface area contributed by atoms with Crippen molar-refractivity contribution in [1.82, 2.24) is 9.13 Å². The van der Waals surface area contributed by atoms with E-state index in [1.807, 2.05) is 41.1 Å². The fourth-order valence-corrected chi connectivity index (χ4v) is 4.33. The number of anilines is 1. The molecule has 5 rings (SSSR count). The van der Waals surface area contributed by atoms with Gasteiger partial charge in [0.2, 0.25) is 5.91 Å². The summed E-state index contributed by atoms with van der Waals surface area (Å²) in [6.07, 6.45) is 2.66. The van der Waals surface area contributed by atoms with E-state index in [9.17, 15) is 14.0 Å². The van der Waals surface area contributed by atoms with Crippen molar-refractivity contribution in [3.05, 3.63) is 83.9 Å². The molecule has 32 heavy (non-hydrogen) atoms. The van der Waals surface area contributed by atoms with Crippen LogP contribution in [0.3, 0.4) is 0 Å². The molecule has 0 fully saturated rings. The van der Waals surface area contributed by atoms with Crippen LogP contribution in [0, 0.1) is 5.82 Å². The first-order valence-electron chi connectivity index (χ1n) is 10.6. The zero-order valence-electron chi connectivity index (χ0n) is 17.6. The van der Waals surface area contributed by atoms with Crippen LogP contribution in [0.15, 0.2) is 66.9 Å². The number of rotatable bonds is 5. The number of carbonyl (C=O) groups excluding carboxylic acids is 2. The monoisotopic (exact) mass is 431 g/mol. The summed E-state index contributed by atoms with van der Waals surface area (Å²) in [4.78, 5) is 27.7. The van der Waals surface area contributed by atoms with Crippen molar-refractivity contribution < 1.29 is 18.7 Å². The average molecular weight is 431 g/mol. The van der Waals surface area contributed by atoms with Gasteiger partial charge in [-0.3, -0.25) is 4.79 Å². The van der Waals surface area contributed by atoms with Crippen LogP contribution in [0.25, 0.3) is 16.7 Å². The molecule has 2 aromatic carbocycles. The highest BCUT2D eigenvalue weighted by Crippen LogP contribution is 2.29. The van der Waals surface area contributed by atoms with Gasteiger partial charge in [0.15, 0.2) is 0 Å². The van der Waals surface area contributed by atoms with E-state index >= 15 is 0 Å². The van der Waals surface area contributed by atoms with E-state index < -0.39 is 5.97 Å². The van der Waals surface area contributed by atoms with Crippen LogP contribution in [0.2, 0.25) is 0 Å². The number of nitrogens with zero attached hydrogens (tertiary/aromatic N) is 3. The van der Waals surface area contributed by atoms with Crippen molar-refractivity contribution in [2.45, 2.75) is 19.9 Å². The Morgan fingerprint density at radius 3 is 2.59 bits per heavy atom. The van der Waals surface area contributed by atoms with Crippen molar-refractivity contribution in [3.63, 3.8) is 0 Å². The molecule has 0 saturated carbocycles. The Kier molecular flexibility index (Phi) is 5.01. The number of ether oxygens (including phenoxy) is 1. The number of hydrogen-bond donors (Lipinski definition) is 0. The highest BCUT2D eigenvalue weighted by atomic mass is 19.1. The van der Waals surface area contributed by atoms with E-state index in [2.05, 4.69) is 0 Å². The number of para-hydroxylation sites is 1. The van der Waals surface area contributed by atoms with E-state index in [0.717, 1.165) is 34.4 Å². The normalized spacial score (nSPS) is 12.9. The van der Waals surface area contributed by atoms with Crippen LogP contribution in [-0.2, 0) is 22.5 Å². The summed E-state index contributed by atoms with van der Waals surface area (Å²) in [5.74, 6) is -0.894. The average Bonchev–Trinajstić information content (AvgIpc) is 3.49. The molecule has 2 aromatic heterocycles. The molecular formula is C25H22FN3O3. The quantitative estimate of drug-likeness (QED) is 0.442. The zero-order valence-corrected chi connectivity index (χ0v) is 17.6. The molecule has 0 radical (unpaired) electrons. The first kappa shape index (κ1) is 20.1. The van der Waals surface area contributed by atoms with Gasteiger partial charge in [0.25, 0.3) is 0 Å². The summed E-state index contributed by atoms with van der Waals surface area (Å²) in [5, 5.41) is 0. The maximum Gasteiger partial charge on any atom is 0.355 e. The second kappa shape index (κ2) is 8.00. The lowest BCUT2D eigenvalue weighted by Gasteiger charge is -2.18. The molecular weight excluding hydrogens is 409 g/mol. The van der Waals surface area contributed by atoms with E-state index in [-0.39, 0.29) is 24.9 Å². The van der Waals surface area contributed by atoms with Crippen molar-refractivity contribution in [2.24, 2.45) is 0 Å².